The van der Waals surface area contributed by atoms with Crippen LogP contribution in [0.1, 0.15) is 39.5 Å². The van der Waals surface area contributed by atoms with Crippen LogP contribution in [0.15, 0.2) is 0 Å². The van der Waals surface area contributed by atoms with Gasteiger partial charge in [0, 0.05) is 6.54 Å². The fraction of sp³-hybridized carbons (Fsp3) is 0.846. The number of carbonyl (C=O) groups excluding carboxylic acids is 1. The summed E-state index contributed by atoms with van der Waals surface area (Å²) in [5.41, 5.74) is -0.891. The Labute approximate surface area is 97.2 Å². The largest absolute Gasteiger partial charge is 0.354 e. The van der Waals surface area contributed by atoms with E-state index in [9.17, 15) is 4.79 Å². The Bertz CT molecular complexity index is 309. The molecule has 0 bridgehead atoms. The van der Waals surface area contributed by atoms with Crippen LogP contribution < -0.4 is 5.32 Å². The average molecular weight is 220 g/mol. The SMILES string of the molecule is CC(C)(C#N)C(=O)NCC(C1CC1)C1CC1. The molecule has 2 aliphatic rings. The van der Waals surface area contributed by atoms with Crippen molar-refractivity contribution in [3.05, 3.63) is 0 Å². The van der Waals surface area contributed by atoms with Crippen molar-refractivity contribution in [1.29, 1.82) is 5.26 Å². The molecule has 2 rings (SSSR count). The van der Waals surface area contributed by atoms with Crippen molar-refractivity contribution < 1.29 is 4.79 Å². The summed E-state index contributed by atoms with van der Waals surface area (Å²) in [5.74, 6) is 2.25. The number of amides is 1. The zero-order valence-electron chi connectivity index (χ0n) is 10.1. The quantitative estimate of drug-likeness (QED) is 0.771. The summed E-state index contributed by atoms with van der Waals surface area (Å²) in [6, 6.07) is 2.04. The summed E-state index contributed by atoms with van der Waals surface area (Å²) in [6.07, 6.45) is 5.33. The van der Waals surface area contributed by atoms with Crippen LogP contribution in [0.5, 0.6) is 0 Å². The molecule has 2 aliphatic carbocycles. The Morgan fingerprint density at radius 2 is 1.88 bits per heavy atom. The third-order valence-electron chi connectivity index (χ3n) is 3.80. The zero-order chi connectivity index (χ0) is 11.8. The molecule has 16 heavy (non-hydrogen) atoms. The van der Waals surface area contributed by atoms with Gasteiger partial charge >= 0.3 is 0 Å². The average Bonchev–Trinajstić information content (AvgIpc) is 3.10. The van der Waals surface area contributed by atoms with Crippen LogP contribution >= 0.6 is 0 Å². The van der Waals surface area contributed by atoms with E-state index in [4.69, 9.17) is 5.26 Å². The van der Waals surface area contributed by atoms with Crippen molar-refractivity contribution in [1.82, 2.24) is 5.32 Å². The van der Waals surface area contributed by atoms with E-state index < -0.39 is 5.41 Å². The van der Waals surface area contributed by atoms with Crippen molar-refractivity contribution >= 4 is 5.91 Å². The van der Waals surface area contributed by atoms with Crippen LogP contribution in [0.25, 0.3) is 0 Å². The molecule has 0 saturated heterocycles. The maximum Gasteiger partial charge on any atom is 0.239 e. The van der Waals surface area contributed by atoms with Gasteiger partial charge in [0.25, 0.3) is 0 Å². The number of hydrogen-bond acceptors (Lipinski definition) is 2. The van der Waals surface area contributed by atoms with Gasteiger partial charge in [0.2, 0.25) is 5.91 Å². The molecule has 2 saturated carbocycles. The fourth-order valence-corrected chi connectivity index (χ4v) is 2.25. The van der Waals surface area contributed by atoms with Gasteiger partial charge in [-0.05, 0) is 57.3 Å². The first-order valence-electron chi connectivity index (χ1n) is 6.24. The molecule has 3 nitrogen and oxygen atoms in total. The number of nitrogens with one attached hydrogen (secondary N) is 1. The molecule has 0 heterocycles. The van der Waals surface area contributed by atoms with Gasteiger partial charge in [-0.3, -0.25) is 4.79 Å². The van der Waals surface area contributed by atoms with Gasteiger partial charge in [-0.25, -0.2) is 0 Å². The highest BCUT2D eigenvalue weighted by Gasteiger charge is 2.41. The second-order valence-corrected chi connectivity index (χ2v) is 5.79. The van der Waals surface area contributed by atoms with Crippen LogP contribution in [0.4, 0.5) is 0 Å². The standard InChI is InChI=1S/C13H20N2O/c1-13(2,8-14)12(16)15-7-11(9-3-4-9)10-5-6-10/h9-11H,3-7H2,1-2H3,(H,15,16). The van der Waals surface area contributed by atoms with E-state index in [0.29, 0.717) is 5.92 Å². The summed E-state index contributed by atoms with van der Waals surface area (Å²) in [6.45, 7) is 4.12. The van der Waals surface area contributed by atoms with Crippen LogP contribution in [-0.4, -0.2) is 12.5 Å². The zero-order valence-corrected chi connectivity index (χ0v) is 10.1. The maximum absolute atomic E-state index is 11.8. The van der Waals surface area contributed by atoms with Crippen molar-refractivity contribution in [2.75, 3.05) is 6.54 Å². The van der Waals surface area contributed by atoms with Gasteiger partial charge in [0.05, 0.1) is 6.07 Å². The second kappa shape index (κ2) is 4.08. The molecular formula is C13H20N2O. The lowest BCUT2D eigenvalue weighted by atomic mass is 9.93. The molecular weight excluding hydrogens is 200 g/mol. The normalized spacial score (nSPS) is 20.6. The number of carbonyl (C=O) groups is 1. The monoisotopic (exact) mass is 220 g/mol. The number of rotatable bonds is 5. The Morgan fingerprint density at radius 3 is 2.25 bits per heavy atom. The third kappa shape index (κ3) is 2.55. The number of nitrogens with zero attached hydrogens (tertiary/aromatic N) is 1. The van der Waals surface area contributed by atoms with E-state index in [2.05, 4.69) is 5.32 Å². The predicted molar refractivity (Wildman–Crippen MR) is 61.3 cm³/mol. The minimum absolute atomic E-state index is 0.124. The molecule has 0 aliphatic heterocycles. The van der Waals surface area contributed by atoms with Gasteiger partial charge in [0.15, 0.2) is 0 Å². The number of nitriles is 1. The van der Waals surface area contributed by atoms with Crippen LogP contribution in [0, 0.1) is 34.5 Å². The van der Waals surface area contributed by atoms with E-state index in [-0.39, 0.29) is 5.91 Å². The topological polar surface area (TPSA) is 52.9 Å². The molecule has 1 N–H and O–H groups in total. The third-order valence-corrected chi connectivity index (χ3v) is 3.80. The Morgan fingerprint density at radius 1 is 1.38 bits per heavy atom. The lowest BCUT2D eigenvalue weighted by Gasteiger charge is -2.20. The second-order valence-electron chi connectivity index (χ2n) is 5.79. The van der Waals surface area contributed by atoms with Crippen molar-refractivity contribution in [3.8, 4) is 6.07 Å². The highest BCUT2D eigenvalue weighted by Crippen LogP contribution is 2.48. The first kappa shape index (κ1) is 11.4. The molecule has 0 unspecified atom stereocenters. The summed E-state index contributed by atoms with van der Waals surface area (Å²) in [7, 11) is 0. The highest BCUT2D eigenvalue weighted by molar-refractivity contribution is 5.84. The van der Waals surface area contributed by atoms with Crippen molar-refractivity contribution in [2.24, 2.45) is 23.2 Å². The molecule has 0 aromatic carbocycles. The van der Waals surface area contributed by atoms with Gasteiger partial charge in [0.1, 0.15) is 5.41 Å². The summed E-state index contributed by atoms with van der Waals surface area (Å²) in [4.78, 5) is 11.8. The fourth-order valence-electron chi connectivity index (χ4n) is 2.25. The van der Waals surface area contributed by atoms with Gasteiger partial charge in [-0.2, -0.15) is 5.26 Å². The first-order valence-corrected chi connectivity index (χ1v) is 6.24. The molecule has 0 atom stereocenters. The summed E-state index contributed by atoms with van der Waals surface area (Å²) >= 11 is 0. The lowest BCUT2D eigenvalue weighted by Crippen LogP contribution is -2.39. The Balaban J connectivity index is 1.81. The minimum atomic E-state index is -0.891. The summed E-state index contributed by atoms with van der Waals surface area (Å²) < 4.78 is 0. The molecule has 2 fully saturated rings. The lowest BCUT2D eigenvalue weighted by molar-refractivity contribution is -0.127. The van der Waals surface area contributed by atoms with Crippen molar-refractivity contribution in [2.45, 2.75) is 39.5 Å². The minimum Gasteiger partial charge on any atom is -0.354 e. The predicted octanol–water partition coefficient (Wildman–Crippen LogP) is 2.09. The molecule has 88 valence electrons. The van der Waals surface area contributed by atoms with Crippen molar-refractivity contribution in [3.63, 3.8) is 0 Å². The van der Waals surface area contributed by atoms with Crippen LogP contribution in [0.2, 0.25) is 0 Å². The van der Waals surface area contributed by atoms with Crippen LogP contribution in [-0.2, 0) is 4.79 Å². The molecule has 0 aromatic heterocycles. The van der Waals surface area contributed by atoms with E-state index >= 15 is 0 Å². The maximum atomic E-state index is 11.8. The molecule has 0 aromatic rings. The smallest absolute Gasteiger partial charge is 0.239 e. The number of hydrogen-bond donors (Lipinski definition) is 1. The molecule has 3 heteroatoms. The van der Waals surface area contributed by atoms with Gasteiger partial charge in [-0.15, -0.1) is 0 Å². The van der Waals surface area contributed by atoms with E-state index in [1.54, 1.807) is 13.8 Å². The Hall–Kier alpha value is -1.04. The molecule has 0 radical (unpaired) electrons. The first-order chi connectivity index (χ1) is 7.54. The highest BCUT2D eigenvalue weighted by atomic mass is 16.2. The van der Waals surface area contributed by atoms with Crippen LogP contribution in [0.3, 0.4) is 0 Å². The van der Waals surface area contributed by atoms with E-state index in [1.807, 2.05) is 6.07 Å². The molecule has 1 amide bonds. The molecule has 0 spiro atoms. The van der Waals surface area contributed by atoms with E-state index in [0.717, 1.165) is 18.4 Å². The Kier molecular flexibility index (Phi) is 2.92. The van der Waals surface area contributed by atoms with Gasteiger partial charge < -0.3 is 5.32 Å². The van der Waals surface area contributed by atoms with E-state index in [1.165, 1.54) is 25.7 Å². The summed E-state index contributed by atoms with van der Waals surface area (Å²) in [5, 5.41) is 11.8. The van der Waals surface area contributed by atoms with Gasteiger partial charge in [-0.1, -0.05) is 0 Å².